The monoisotopic (exact) mass is 403 g/mol. The maximum atomic E-state index is 12.0. The van der Waals surface area contributed by atoms with E-state index in [2.05, 4.69) is 31.8 Å². The molecule has 0 aliphatic carbocycles. The number of nitrogens with one attached hydrogen (secondary N) is 2. The van der Waals surface area contributed by atoms with Crippen LogP contribution in [0.15, 0.2) is 58.1 Å². The normalized spacial score (nSPS) is 10.5. The van der Waals surface area contributed by atoms with Gasteiger partial charge in [0.25, 0.3) is 5.91 Å². The number of hydrogen-bond acceptors (Lipinski definition) is 4. The van der Waals surface area contributed by atoms with Gasteiger partial charge in [0.2, 0.25) is 5.91 Å². The van der Waals surface area contributed by atoms with Crippen LogP contribution in [-0.4, -0.2) is 31.7 Å². The van der Waals surface area contributed by atoms with Crippen LogP contribution in [0.25, 0.3) is 0 Å². The number of rotatable bonds is 7. The maximum Gasteiger partial charge on any atom is 0.252 e. The highest BCUT2D eigenvalue weighted by molar-refractivity contribution is 9.10. The van der Waals surface area contributed by atoms with E-state index in [-0.39, 0.29) is 24.8 Å². The van der Waals surface area contributed by atoms with Crippen molar-refractivity contribution >= 4 is 34.0 Å². The third-order valence-corrected chi connectivity index (χ3v) is 3.97. The molecule has 0 saturated carbocycles. The van der Waals surface area contributed by atoms with E-state index in [1.807, 2.05) is 18.2 Å². The molecule has 2 aromatic rings. The van der Waals surface area contributed by atoms with Crippen LogP contribution in [0.1, 0.15) is 22.3 Å². The van der Waals surface area contributed by atoms with Gasteiger partial charge in [-0.15, -0.1) is 0 Å². The van der Waals surface area contributed by atoms with Crippen molar-refractivity contribution in [1.82, 2.24) is 10.7 Å². The first-order valence-electron chi connectivity index (χ1n) is 7.59. The molecular formula is C18H18BrN3O3. The molecule has 130 valence electrons. The molecule has 2 amide bonds. The van der Waals surface area contributed by atoms with Crippen molar-refractivity contribution in [1.29, 1.82) is 0 Å². The first-order valence-corrected chi connectivity index (χ1v) is 8.38. The minimum atomic E-state index is -0.280. The highest BCUT2D eigenvalue weighted by Gasteiger charge is 2.09. The lowest BCUT2D eigenvalue weighted by Gasteiger charge is -2.06. The first-order chi connectivity index (χ1) is 12.1. The largest absolute Gasteiger partial charge is 0.497 e. The molecule has 0 heterocycles. The molecule has 0 aliphatic heterocycles. The van der Waals surface area contributed by atoms with E-state index >= 15 is 0 Å². The highest BCUT2D eigenvalue weighted by atomic mass is 79.9. The second-order valence-electron chi connectivity index (χ2n) is 5.05. The Morgan fingerprint density at radius 2 is 1.88 bits per heavy atom. The Morgan fingerprint density at radius 1 is 1.16 bits per heavy atom. The first kappa shape index (κ1) is 18.7. The number of methoxy groups -OCH3 is 1. The number of carbonyl (C=O) groups excluding carboxylic acids is 2. The molecule has 0 atom stereocenters. The van der Waals surface area contributed by atoms with Gasteiger partial charge in [-0.2, -0.15) is 5.10 Å². The summed E-state index contributed by atoms with van der Waals surface area (Å²) in [6, 6.07) is 14.4. The molecule has 0 aromatic heterocycles. The number of nitrogens with zero attached hydrogens (tertiary/aromatic N) is 1. The molecule has 0 radical (unpaired) electrons. The highest BCUT2D eigenvalue weighted by Crippen LogP contribution is 2.15. The number of hydrazone groups is 1. The molecule has 0 fully saturated rings. The summed E-state index contributed by atoms with van der Waals surface area (Å²) in [7, 11) is 1.60. The predicted octanol–water partition coefficient (Wildman–Crippen LogP) is 2.73. The van der Waals surface area contributed by atoms with Gasteiger partial charge in [0.15, 0.2) is 0 Å². The summed E-state index contributed by atoms with van der Waals surface area (Å²) in [5.74, 6) is 0.237. The van der Waals surface area contributed by atoms with Gasteiger partial charge >= 0.3 is 0 Å². The standard InChI is InChI=1S/C18H18BrN3O3/c1-25-14-8-6-13(7-9-14)12-21-22-17(23)10-11-20-18(24)15-4-2-3-5-16(15)19/h2-9,12H,10-11H2,1H3,(H,20,24)(H,22,23). The van der Waals surface area contributed by atoms with Gasteiger partial charge in [-0.1, -0.05) is 12.1 Å². The van der Waals surface area contributed by atoms with Gasteiger partial charge in [0, 0.05) is 17.4 Å². The Labute approximate surface area is 154 Å². The summed E-state index contributed by atoms with van der Waals surface area (Å²) in [5, 5.41) is 6.58. The van der Waals surface area contributed by atoms with Crippen molar-refractivity contribution in [3.8, 4) is 5.75 Å². The molecule has 0 unspecified atom stereocenters. The fourth-order valence-corrected chi connectivity index (χ4v) is 2.42. The van der Waals surface area contributed by atoms with E-state index < -0.39 is 0 Å². The summed E-state index contributed by atoms with van der Waals surface area (Å²) in [6.07, 6.45) is 1.67. The zero-order valence-corrected chi connectivity index (χ0v) is 15.2. The van der Waals surface area contributed by atoms with Gasteiger partial charge in [0.1, 0.15) is 5.75 Å². The molecule has 6 nitrogen and oxygen atoms in total. The van der Waals surface area contributed by atoms with E-state index in [9.17, 15) is 9.59 Å². The smallest absolute Gasteiger partial charge is 0.252 e. The van der Waals surface area contributed by atoms with Gasteiger partial charge < -0.3 is 10.1 Å². The summed E-state index contributed by atoms with van der Waals surface area (Å²) in [6.45, 7) is 0.226. The SMILES string of the molecule is COc1ccc(C=NNC(=O)CCNC(=O)c2ccccc2Br)cc1. The topological polar surface area (TPSA) is 79.8 Å². The average molecular weight is 404 g/mol. The van der Waals surface area contributed by atoms with Crippen LogP contribution in [0.4, 0.5) is 0 Å². The van der Waals surface area contributed by atoms with Crippen LogP contribution in [0.3, 0.4) is 0 Å². The molecular weight excluding hydrogens is 386 g/mol. The molecule has 25 heavy (non-hydrogen) atoms. The van der Waals surface area contributed by atoms with Crippen molar-refractivity contribution < 1.29 is 14.3 Å². The van der Waals surface area contributed by atoms with E-state index in [0.29, 0.717) is 10.0 Å². The Kier molecular flexibility index (Phi) is 7.16. The van der Waals surface area contributed by atoms with Crippen molar-refractivity contribution in [2.24, 2.45) is 5.10 Å². The molecule has 2 N–H and O–H groups in total. The molecule has 0 saturated heterocycles. The minimum Gasteiger partial charge on any atom is -0.497 e. The zero-order chi connectivity index (χ0) is 18.1. The molecule has 2 aromatic carbocycles. The summed E-state index contributed by atoms with van der Waals surface area (Å²) in [5.41, 5.74) is 3.79. The molecule has 7 heteroatoms. The zero-order valence-electron chi connectivity index (χ0n) is 13.7. The predicted molar refractivity (Wildman–Crippen MR) is 99.8 cm³/mol. The van der Waals surface area contributed by atoms with Crippen molar-refractivity contribution in [2.75, 3.05) is 13.7 Å². The number of ether oxygens (including phenoxy) is 1. The summed E-state index contributed by atoms with van der Waals surface area (Å²) >= 11 is 3.32. The average Bonchev–Trinajstić information content (AvgIpc) is 2.62. The van der Waals surface area contributed by atoms with Crippen molar-refractivity contribution in [3.05, 3.63) is 64.1 Å². The Hall–Kier alpha value is -2.67. The number of halogens is 1. The lowest BCUT2D eigenvalue weighted by atomic mass is 10.2. The van der Waals surface area contributed by atoms with Gasteiger partial charge in [-0.3, -0.25) is 9.59 Å². The Balaban J connectivity index is 1.72. The number of carbonyl (C=O) groups is 2. The molecule has 0 bridgehead atoms. The van der Waals surface area contributed by atoms with Gasteiger partial charge in [-0.05, 0) is 57.9 Å². The van der Waals surface area contributed by atoms with E-state index in [1.54, 1.807) is 37.4 Å². The second-order valence-corrected chi connectivity index (χ2v) is 5.91. The molecule has 0 spiro atoms. The van der Waals surface area contributed by atoms with Crippen molar-refractivity contribution in [3.63, 3.8) is 0 Å². The van der Waals surface area contributed by atoms with E-state index in [1.165, 1.54) is 6.21 Å². The van der Waals surface area contributed by atoms with E-state index in [0.717, 1.165) is 11.3 Å². The van der Waals surface area contributed by atoms with Crippen LogP contribution < -0.4 is 15.5 Å². The van der Waals surface area contributed by atoms with Gasteiger partial charge in [-0.25, -0.2) is 5.43 Å². The fourth-order valence-electron chi connectivity index (χ4n) is 1.95. The molecule has 2 rings (SSSR count). The van der Waals surface area contributed by atoms with Crippen LogP contribution in [-0.2, 0) is 4.79 Å². The van der Waals surface area contributed by atoms with Crippen molar-refractivity contribution in [2.45, 2.75) is 6.42 Å². The van der Waals surface area contributed by atoms with Crippen LogP contribution in [0.2, 0.25) is 0 Å². The fraction of sp³-hybridized carbons (Fsp3) is 0.167. The quantitative estimate of drug-likeness (QED) is 0.550. The van der Waals surface area contributed by atoms with Crippen LogP contribution in [0.5, 0.6) is 5.75 Å². The maximum absolute atomic E-state index is 12.0. The third kappa shape index (κ3) is 6.04. The van der Waals surface area contributed by atoms with Crippen LogP contribution in [0, 0.1) is 0 Å². The number of benzene rings is 2. The summed E-state index contributed by atoms with van der Waals surface area (Å²) < 4.78 is 5.77. The second kappa shape index (κ2) is 9.58. The number of hydrogen-bond donors (Lipinski definition) is 2. The minimum absolute atomic E-state index is 0.135. The van der Waals surface area contributed by atoms with E-state index in [4.69, 9.17) is 4.74 Å². The Morgan fingerprint density at radius 3 is 2.56 bits per heavy atom. The van der Waals surface area contributed by atoms with Crippen LogP contribution >= 0.6 is 15.9 Å². The lowest BCUT2D eigenvalue weighted by Crippen LogP contribution is -2.29. The molecule has 0 aliphatic rings. The number of amides is 2. The Bertz CT molecular complexity index is 760. The summed E-state index contributed by atoms with van der Waals surface area (Å²) in [4.78, 5) is 23.7. The van der Waals surface area contributed by atoms with Gasteiger partial charge in [0.05, 0.1) is 18.9 Å². The third-order valence-electron chi connectivity index (χ3n) is 3.27. The lowest BCUT2D eigenvalue weighted by molar-refractivity contribution is -0.120.